The van der Waals surface area contributed by atoms with Crippen molar-refractivity contribution in [3.05, 3.63) is 11.4 Å². The Morgan fingerprint density at radius 3 is 2.62 bits per heavy atom. The highest BCUT2D eigenvalue weighted by molar-refractivity contribution is 5.17. The van der Waals surface area contributed by atoms with Crippen molar-refractivity contribution >= 4 is 0 Å². The largest absolute Gasteiger partial charge is 0.393 e. The number of aryl methyl sites for hydroxylation is 1. The summed E-state index contributed by atoms with van der Waals surface area (Å²) in [6, 6.07) is 2.09. The van der Waals surface area contributed by atoms with Crippen molar-refractivity contribution in [2.75, 3.05) is 0 Å². The second-order valence-corrected chi connectivity index (χ2v) is 4.27. The third-order valence-corrected chi connectivity index (χ3v) is 2.40. The molecule has 1 atom stereocenters. The van der Waals surface area contributed by atoms with Crippen molar-refractivity contribution in [2.45, 2.75) is 52.2 Å². The fourth-order valence-corrected chi connectivity index (χ4v) is 1.66. The minimum Gasteiger partial charge on any atom is -0.393 e. The predicted octanol–water partition coefficient (Wildman–Crippen LogP) is 1.24. The van der Waals surface area contributed by atoms with Crippen molar-refractivity contribution in [2.24, 2.45) is 0 Å². The molecule has 1 aromatic heterocycles. The molecule has 0 aliphatic heterocycles. The number of hydrogen-bond acceptors (Lipinski definition) is 4. The van der Waals surface area contributed by atoms with Crippen LogP contribution in [-0.2, 0) is 13.0 Å². The van der Waals surface area contributed by atoms with Gasteiger partial charge in [-0.25, -0.2) is 4.68 Å². The molecule has 0 aromatic carbocycles. The summed E-state index contributed by atoms with van der Waals surface area (Å²) in [6.45, 7) is 6.50. The minimum absolute atomic E-state index is 0.285. The number of nitriles is 1. The highest BCUT2D eigenvalue weighted by Crippen LogP contribution is 2.18. The molecule has 1 rings (SSSR count). The van der Waals surface area contributed by atoms with Gasteiger partial charge in [-0.2, -0.15) is 5.26 Å². The Morgan fingerprint density at radius 2 is 2.12 bits per heavy atom. The number of aliphatic hydroxyl groups excluding tert-OH is 1. The van der Waals surface area contributed by atoms with Crippen molar-refractivity contribution in [3.8, 4) is 6.07 Å². The standard InChI is InChI=1S/C11H18N4O/c1-8(2)11-10(4-6-12)13-14-15(11)7-5-9(3)16/h8-9,16H,4-5,7H2,1-3H3. The van der Waals surface area contributed by atoms with E-state index in [0.29, 0.717) is 19.4 Å². The second kappa shape index (κ2) is 5.61. The van der Waals surface area contributed by atoms with Gasteiger partial charge in [-0.3, -0.25) is 0 Å². The van der Waals surface area contributed by atoms with Crippen LogP contribution in [0.4, 0.5) is 0 Å². The van der Waals surface area contributed by atoms with Gasteiger partial charge in [-0.15, -0.1) is 5.10 Å². The molecule has 1 N–H and O–H groups in total. The number of aromatic nitrogens is 3. The Bertz CT molecular complexity index is 376. The molecule has 0 radical (unpaired) electrons. The van der Waals surface area contributed by atoms with Gasteiger partial charge in [-0.1, -0.05) is 19.1 Å². The van der Waals surface area contributed by atoms with E-state index < -0.39 is 0 Å². The molecule has 1 unspecified atom stereocenters. The molecule has 0 bridgehead atoms. The zero-order valence-corrected chi connectivity index (χ0v) is 10.0. The van der Waals surface area contributed by atoms with Gasteiger partial charge in [0.1, 0.15) is 5.69 Å². The summed E-state index contributed by atoms with van der Waals surface area (Å²) in [5, 5.41) is 26.0. The monoisotopic (exact) mass is 222 g/mol. The number of nitrogens with zero attached hydrogens (tertiary/aromatic N) is 4. The van der Waals surface area contributed by atoms with E-state index in [9.17, 15) is 5.11 Å². The maximum atomic E-state index is 9.24. The van der Waals surface area contributed by atoms with E-state index >= 15 is 0 Å². The SMILES string of the molecule is CC(O)CCn1nnc(CC#N)c1C(C)C. The van der Waals surface area contributed by atoms with Gasteiger partial charge in [0.25, 0.3) is 0 Å². The summed E-state index contributed by atoms with van der Waals surface area (Å²) < 4.78 is 1.80. The summed E-state index contributed by atoms with van der Waals surface area (Å²) in [4.78, 5) is 0. The molecule has 0 aliphatic rings. The molecule has 1 heterocycles. The van der Waals surface area contributed by atoms with Crippen LogP contribution in [0.15, 0.2) is 0 Å². The van der Waals surface area contributed by atoms with Crippen LogP contribution in [0.25, 0.3) is 0 Å². The molecule has 5 heteroatoms. The summed E-state index contributed by atoms with van der Waals surface area (Å²) in [5.74, 6) is 0.285. The Morgan fingerprint density at radius 1 is 1.44 bits per heavy atom. The van der Waals surface area contributed by atoms with Gasteiger partial charge in [0.2, 0.25) is 0 Å². The summed E-state index contributed by atoms with van der Waals surface area (Å²) in [6.07, 6.45) is 0.598. The quantitative estimate of drug-likeness (QED) is 0.813. The van der Waals surface area contributed by atoms with Gasteiger partial charge in [0, 0.05) is 6.54 Å². The van der Waals surface area contributed by atoms with Gasteiger partial charge in [-0.05, 0) is 19.3 Å². The first-order chi connectivity index (χ1) is 7.56. The zero-order chi connectivity index (χ0) is 12.1. The van der Waals surface area contributed by atoms with Gasteiger partial charge in [0.05, 0.1) is 24.3 Å². The highest BCUT2D eigenvalue weighted by atomic mass is 16.3. The fourth-order valence-electron chi connectivity index (χ4n) is 1.66. The van der Waals surface area contributed by atoms with Crippen LogP contribution in [0.5, 0.6) is 0 Å². The van der Waals surface area contributed by atoms with E-state index in [1.165, 1.54) is 0 Å². The third kappa shape index (κ3) is 3.04. The maximum absolute atomic E-state index is 9.24. The van der Waals surface area contributed by atoms with E-state index in [0.717, 1.165) is 11.4 Å². The van der Waals surface area contributed by atoms with Crippen LogP contribution in [0.3, 0.4) is 0 Å². The lowest BCUT2D eigenvalue weighted by Gasteiger charge is -2.11. The molecule has 0 saturated carbocycles. The van der Waals surface area contributed by atoms with Gasteiger partial charge < -0.3 is 5.11 Å². The molecule has 16 heavy (non-hydrogen) atoms. The molecule has 1 aromatic rings. The zero-order valence-electron chi connectivity index (χ0n) is 10.0. The van der Waals surface area contributed by atoms with E-state index in [1.54, 1.807) is 11.6 Å². The summed E-state index contributed by atoms with van der Waals surface area (Å²) in [7, 11) is 0. The Hall–Kier alpha value is -1.41. The molecule has 88 valence electrons. The first-order valence-electron chi connectivity index (χ1n) is 5.53. The molecular weight excluding hydrogens is 204 g/mol. The average molecular weight is 222 g/mol. The van der Waals surface area contributed by atoms with Crippen LogP contribution >= 0.6 is 0 Å². The van der Waals surface area contributed by atoms with Gasteiger partial charge in [0.15, 0.2) is 0 Å². The maximum Gasteiger partial charge on any atom is 0.100 e. The predicted molar refractivity (Wildman–Crippen MR) is 59.7 cm³/mol. The first kappa shape index (κ1) is 12.7. The summed E-state index contributed by atoms with van der Waals surface area (Å²) in [5.41, 5.74) is 1.75. The fraction of sp³-hybridized carbons (Fsp3) is 0.727. The topological polar surface area (TPSA) is 74.7 Å². The molecule has 5 nitrogen and oxygen atoms in total. The van der Waals surface area contributed by atoms with Crippen LogP contribution < -0.4 is 0 Å². The van der Waals surface area contributed by atoms with E-state index in [1.807, 2.05) is 0 Å². The Labute approximate surface area is 95.7 Å². The molecule has 0 spiro atoms. The Balaban J connectivity index is 2.88. The number of rotatable bonds is 5. The third-order valence-electron chi connectivity index (χ3n) is 2.40. The molecule has 0 amide bonds. The smallest absolute Gasteiger partial charge is 0.100 e. The Kier molecular flexibility index (Phi) is 4.44. The molecular formula is C11H18N4O. The highest BCUT2D eigenvalue weighted by Gasteiger charge is 2.15. The second-order valence-electron chi connectivity index (χ2n) is 4.27. The van der Waals surface area contributed by atoms with E-state index in [-0.39, 0.29) is 12.0 Å². The lowest BCUT2D eigenvalue weighted by Crippen LogP contribution is -2.12. The molecule has 0 fully saturated rings. The van der Waals surface area contributed by atoms with Crippen LogP contribution in [0.2, 0.25) is 0 Å². The van der Waals surface area contributed by atoms with Gasteiger partial charge >= 0.3 is 0 Å². The van der Waals surface area contributed by atoms with Crippen molar-refractivity contribution in [1.29, 1.82) is 5.26 Å². The normalized spacial score (nSPS) is 12.8. The number of aliphatic hydroxyl groups is 1. The van der Waals surface area contributed by atoms with Crippen molar-refractivity contribution < 1.29 is 5.11 Å². The molecule has 0 aliphatic carbocycles. The van der Waals surface area contributed by atoms with Crippen LogP contribution in [0.1, 0.15) is 44.5 Å². The first-order valence-corrected chi connectivity index (χ1v) is 5.53. The average Bonchev–Trinajstić information content (AvgIpc) is 2.58. The van der Waals surface area contributed by atoms with Crippen LogP contribution in [0, 0.1) is 11.3 Å². The lowest BCUT2D eigenvalue weighted by molar-refractivity contribution is 0.175. The van der Waals surface area contributed by atoms with E-state index in [4.69, 9.17) is 5.26 Å². The van der Waals surface area contributed by atoms with Crippen molar-refractivity contribution in [1.82, 2.24) is 15.0 Å². The number of hydrogen-bond donors (Lipinski definition) is 1. The van der Waals surface area contributed by atoms with Crippen molar-refractivity contribution in [3.63, 3.8) is 0 Å². The molecule has 0 saturated heterocycles. The lowest BCUT2D eigenvalue weighted by atomic mass is 10.1. The van der Waals surface area contributed by atoms with Crippen LogP contribution in [-0.4, -0.2) is 26.2 Å². The minimum atomic E-state index is -0.344. The summed E-state index contributed by atoms with van der Waals surface area (Å²) >= 11 is 0. The van der Waals surface area contributed by atoms with E-state index in [2.05, 4.69) is 30.2 Å².